The molecule has 0 aromatic heterocycles. The molecule has 0 N–H and O–H groups in total. The lowest BCUT2D eigenvalue weighted by molar-refractivity contribution is 0.443. The fourth-order valence-electron chi connectivity index (χ4n) is 9.59. The highest BCUT2D eigenvalue weighted by Gasteiger charge is 2.37. The SMILES string of the molecule is Cc1cccc2c1-c1ccc(N(c3ccc(-c4ccc(C5CCCCC5)cc4)cc3)c3cc4ccccc4cc3-c3ccccc3C(C)C)cc1C2(C)C. The standard InChI is InChI=1S/C53H51N/c1-35(2)45-19-11-12-20-46(45)48-32-41-17-9-10-18-42(41)33-51(48)54(44-30-31-47-50(34-44)53(4,5)49-21-13-14-36(3)52(47)49)43-28-26-40(27-29-43)39-24-22-38(23-25-39)37-15-7-6-8-16-37/h9-14,17-35,37H,6-8,15-16H2,1-5H3. The average molecular weight is 702 g/mol. The third-order valence-electron chi connectivity index (χ3n) is 12.6. The first kappa shape index (κ1) is 34.4. The highest BCUT2D eigenvalue weighted by molar-refractivity contribution is 5.99. The maximum Gasteiger partial charge on any atom is 0.0546 e. The molecular formula is C53H51N. The van der Waals surface area contributed by atoms with Gasteiger partial charge in [0.2, 0.25) is 0 Å². The minimum Gasteiger partial charge on any atom is -0.310 e. The van der Waals surface area contributed by atoms with Gasteiger partial charge in [-0.05, 0) is 134 Å². The van der Waals surface area contributed by atoms with Crippen LogP contribution in [0.15, 0.2) is 146 Å². The van der Waals surface area contributed by atoms with E-state index >= 15 is 0 Å². The average Bonchev–Trinajstić information content (AvgIpc) is 3.44. The van der Waals surface area contributed by atoms with Gasteiger partial charge in [0, 0.05) is 22.4 Å². The second-order valence-corrected chi connectivity index (χ2v) is 16.7. The number of fused-ring (bicyclic) bond motifs is 4. The van der Waals surface area contributed by atoms with Gasteiger partial charge in [-0.3, -0.25) is 0 Å². The third kappa shape index (κ3) is 5.95. The lowest BCUT2D eigenvalue weighted by Gasteiger charge is -2.31. The van der Waals surface area contributed by atoms with Gasteiger partial charge in [-0.25, -0.2) is 0 Å². The molecule has 1 nitrogen and oxygen atoms in total. The van der Waals surface area contributed by atoms with Crippen molar-refractivity contribution in [3.05, 3.63) is 173 Å². The molecule has 1 fully saturated rings. The van der Waals surface area contributed by atoms with Crippen LogP contribution in [-0.4, -0.2) is 0 Å². The van der Waals surface area contributed by atoms with E-state index in [1.807, 2.05) is 0 Å². The van der Waals surface area contributed by atoms with E-state index in [-0.39, 0.29) is 5.41 Å². The molecule has 0 aliphatic heterocycles. The molecule has 0 amide bonds. The van der Waals surface area contributed by atoms with Crippen LogP contribution in [0.25, 0.3) is 44.2 Å². The minimum atomic E-state index is -0.109. The van der Waals surface area contributed by atoms with Gasteiger partial charge in [-0.2, -0.15) is 0 Å². The van der Waals surface area contributed by atoms with Crippen molar-refractivity contribution in [2.45, 2.75) is 84.0 Å². The second kappa shape index (κ2) is 13.8. The zero-order chi connectivity index (χ0) is 37.0. The fraction of sp³-hybridized carbons (Fsp3) is 0.245. The summed E-state index contributed by atoms with van der Waals surface area (Å²) in [5.74, 6) is 1.11. The number of anilines is 3. The molecular weight excluding hydrogens is 651 g/mol. The maximum atomic E-state index is 2.51. The van der Waals surface area contributed by atoms with Gasteiger partial charge in [0.05, 0.1) is 5.69 Å². The lowest BCUT2D eigenvalue weighted by Crippen LogP contribution is -2.17. The third-order valence-corrected chi connectivity index (χ3v) is 12.6. The van der Waals surface area contributed by atoms with Gasteiger partial charge in [0.1, 0.15) is 0 Å². The lowest BCUT2D eigenvalue weighted by atomic mass is 9.82. The Hall–Kier alpha value is -5.40. The summed E-state index contributed by atoms with van der Waals surface area (Å²) < 4.78 is 0. The summed E-state index contributed by atoms with van der Waals surface area (Å²) in [5, 5.41) is 2.49. The topological polar surface area (TPSA) is 3.24 Å². The molecule has 0 heterocycles. The van der Waals surface area contributed by atoms with Gasteiger partial charge < -0.3 is 4.90 Å². The molecule has 7 aromatic rings. The second-order valence-electron chi connectivity index (χ2n) is 16.7. The zero-order valence-corrected chi connectivity index (χ0v) is 32.5. The van der Waals surface area contributed by atoms with Crippen molar-refractivity contribution in [2.24, 2.45) is 0 Å². The molecule has 268 valence electrons. The number of benzene rings is 7. The Morgan fingerprint density at radius 1 is 0.556 bits per heavy atom. The maximum absolute atomic E-state index is 2.51. The number of hydrogen-bond donors (Lipinski definition) is 0. The molecule has 2 aliphatic carbocycles. The Bertz CT molecular complexity index is 2470. The van der Waals surface area contributed by atoms with Crippen molar-refractivity contribution in [1.29, 1.82) is 0 Å². The molecule has 7 aromatic carbocycles. The monoisotopic (exact) mass is 701 g/mol. The first-order valence-electron chi connectivity index (χ1n) is 20.2. The molecule has 0 spiro atoms. The molecule has 2 aliphatic rings. The van der Waals surface area contributed by atoms with Crippen LogP contribution >= 0.6 is 0 Å². The predicted molar refractivity (Wildman–Crippen MR) is 232 cm³/mol. The minimum absolute atomic E-state index is 0.109. The molecule has 0 bridgehead atoms. The number of rotatable bonds is 7. The van der Waals surface area contributed by atoms with Crippen LogP contribution in [0.3, 0.4) is 0 Å². The zero-order valence-electron chi connectivity index (χ0n) is 32.5. The number of hydrogen-bond acceptors (Lipinski definition) is 1. The molecule has 1 saturated carbocycles. The van der Waals surface area contributed by atoms with Crippen molar-refractivity contribution >= 4 is 27.8 Å². The van der Waals surface area contributed by atoms with Crippen molar-refractivity contribution < 1.29 is 0 Å². The highest BCUT2D eigenvalue weighted by atomic mass is 15.1. The van der Waals surface area contributed by atoms with Crippen LogP contribution in [0, 0.1) is 6.92 Å². The quantitative estimate of drug-likeness (QED) is 0.160. The van der Waals surface area contributed by atoms with Gasteiger partial charge in [-0.1, -0.05) is 156 Å². The first-order chi connectivity index (χ1) is 26.3. The van der Waals surface area contributed by atoms with Crippen molar-refractivity contribution in [3.8, 4) is 33.4 Å². The molecule has 0 radical (unpaired) electrons. The number of nitrogens with zero attached hydrogens (tertiary/aromatic N) is 1. The van der Waals surface area contributed by atoms with E-state index in [1.165, 1.54) is 115 Å². The summed E-state index contributed by atoms with van der Waals surface area (Å²) in [7, 11) is 0. The van der Waals surface area contributed by atoms with Gasteiger partial charge in [0.15, 0.2) is 0 Å². The molecule has 0 unspecified atom stereocenters. The summed E-state index contributed by atoms with van der Waals surface area (Å²) in [5.41, 5.74) is 18.2. The highest BCUT2D eigenvalue weighted by Crippen LogP contribution is 2.53. The smallest absolute Gasteiger partial charge is 0.0546 e. The first-order valence-corrected chi connectivity index (χ1v) is 20.2. The Balaban J connectivity index is 1.22. The van der Waals surface area contributed by atoms with Crippen LogP contribution in [0.2, 0.25) is 0 Å². The van der Waals surface area contributed by atoms with E-state index in [9.17, 15) is 0 Å². The van der Waals surface area contributed by atoms with E-state index in [1.54, 1.807) is 0 Å². The molecule has 54 heavy (non-hydrogen) atoms. The predicted octanol–water partition coefficient (Wildman–Crippen LogP) is 15.4. The van der Waals surface area contributed by atoms with E-state index in [0.29, 0.717) is 5.92 Å². The van der Waals surface area contributed by atoms with Crippen molar-refractivity contribution in [2.75, 3.05) is 4.90 Å². The van der Waals surface area contributed by atoms with Crippen LogP contribution in [0.4, 0.5) is 17.1 Å². The van der Waals surface area contributed by atoms with Crippen LogP contribution in [0.5, 0.6) is 0 Å². The number of aryl methyl sites for hydroxylation is 1. The van der Waals surface area contributed by atoms with Gasteiger partial charge >= 0.3 is 0 Å². The Labute approximate surface area is 322 Å². The summed E-state index contributed by atoms with van der Waals surface area (Å²) in [4.78, 5) is 2.51. The van der Waals surface area contributed by atoms with Crippen molar-refractivity contribution in [1.82, 2.24) is 0 Å². The summed E-state index contributed by atoms with van der Waals surface area (Å²) in [6, 6.07) is 55.3. The van der Waals surface area contributed by atoms with E-state index < -0.39 is 0 Å². The largest absolute Gasteiger partial charge is 0.310 e. The Morgan fingerprint density at radius 3 is 1.93 bits per heavy atom. The van der Waals surface area contributed by atoms with Crippen LogP contribution in [0.1, 0.15) is 99.5 Å². The van der Waals surface area contributed by atoms with E-state index in [4.69, 9.17) is 0 Å². The van der Waals surface area contributed by atoms with Crippen LogP contribution in [-0.2, 0) is 5.41 Å². The van der Waals surface area contributed by atoms with E-state index in [0.717, 1.165) is 11.6 Å². The molecule has 1 heteroatoms. The Kier molecular flexibility index (Phi) is 8.77. The fourth-order valence-corrected chi connectivity index (χ4v) is 9.59. The normalized spacial score (nSPS) is 15.0. The van der Waals surface area contributed by atoms with Crippen LogP contribution < -0.4 is 4.90 Å². The summed E-state index contributed by atoms with van der Waals surface area (Å²) in [6.45, 7) is 11.6. The van der Waals surface area contributed by atoms with Gasteiger partial charge in [-0.15, -0.1) is 0 Å². The molecule has 9 rings (SSSR count). The molecule has 0 atom stereocenters. The summed E-state index contributed by atoms with van der Waals surface area (Å²) >= 11 is 0. The molecule has 0 saturated heterocycles. The Morgan fingerprint density at radius 2 is 1.20 bits per heavy atom. The van der Waals surface area contributed by atoms with E-state index in [2.05, 4.69) is 185 Å². The van der Waals surface area contributed by atoms with Crippen molar-refractivity contribution in [3.63, 3.8) is 0 Å². The summed E-state index contributed by atoms with van der Waals surface area (Å²) in [6.07, 6.45) is 6.77. The van der Waals surface area contributed by atoms with Gasteiger partial charge in [0.25, 0.3) is 0 Å².